The first-order valence-corrected chi connectivity index (χ1v) is 6.50. The Morgan fingerprint density at radius 1 is 1.00 bits per heavy atom. The molecule has 0 aliphatic heterocycles. The largest absolute Gasteiger partial charge is 1.00 e. The van der Waals surface area contributed by atoms with Crippen molar-refractivity contribution in [2.75, 3.05) is 6.61 Å². The molecule has 0 radical (unpaired) electrons. The Bertz CT molecular complexity index is 553. The quantitative estimate of drug-likeness (QED) is 0.427. The van der Waals surface area contributed by atoms with Crippen molar-refractivity contribution in [3.63, 3.8) is 0 Å². The standard InChI is InChI=1S/C17H17NO2.Li/c1-2-20-16(19)13-18-17(14-9-5-3-6-10-14)15-11-7-4-8-12-15;/h3-13,19H,2H2,1H3;/q;+1/p-1. The van der Waals surface area contributed by atoms with Gasteiger partial charge >= 0.3 is 18.9 Å². The molecule has 0 heterocycles. The van der Waals surface area contributed by atoms with Crippen molar-refractivity contribution in [3.8, 4) is 0 Å². The van der Waals surface area contributed by atoms with E-state index in [2.05, 4.69) is 4.99 Å². The maximum Gasteiger partial charge on any atom is 1.00 e. The van der Waals surface area contributed by atoms with Gasteiger partial charge in [-0.3, -0.25) is 4.99 Å². The van der Waals surface area contributed by atoms with Crippen LogP contribution in [0.15, 0.2) is 77.8 Å². The number of hydrogen-bond acceptors (Lipinski definition) is 3. The van der Waals surface area contributed by atoms with Gasteiger partial charge in [0.15, 0.2) is 0 Å². The van der Waals surface area contributed by atoms with Crippen LogP contribution in [0, 0.1) is 0 Å². The zero-order valence-electron chi connectivity index (χ0n) is 12.3. The second-order valence-electron chi connectivity index (χ2n) is 4.09. The van der Waals surface area contributed by atoms with E-state index in [-0.39, 0.29) is 18.9 Å². The molecule has 0 amide bonds. The van der Waals surface area contributed by atoms with E-state index in [0.29, 0.717) is 6.61 Å². The van der Waals surface area contributed by atoms with Crippen LogP contribution >= 0.6 is 0 Å². The summed E-state index contributed by atoms with van der Waals surface area (Å²) in [4.78, 5) is 4.30. The van der Waals surface area contributed by atoms with Crippen molar-refractivity contribution in [1.82, 2.24) is 0 Å². The first-order chi connectivity index (χ1) is 9.81. The summed E-state index contributed by atoms with van der Waals surface area (Å²) in [6.45, 7) is 2.11. The zero-order chi connectivity index (χ0) is 14.2. The van der Waals surface area contributed by atoms with E-state index < -0.39 is 5.95 Å². The third-order valence-electron chi connectivity index (χ3n) is 2.68. The third kappa shape index (κ3) is 5.15. The fourth-order valence-corrected chi connectivity index (χ4v) is 1.80. The summed E-state index contributed by atoms with van der Waals surface area (Å²) in [5, 5.41) is 11.4. The summed E-state index contributed by atoms with van der Waals surface area (Å²) >= 11 is 0. The first-order valence-electron chi connectivity index (χ1n) is 6.50. The Morgan fingerprint density at radius 3 is 1.90 bits per heavy atom. The van der Waals surface area contributed by atoms with Crippen LogP contribution in [0.5, 0.6) is 0 Å². The van der Waals surface area contributed by atoms with E-state index in [1.165, 1.54) is 6.20 Å². The predicted octanol–water partition coefficient (Wildman–Crippen LogP) is -0.276. The Labute approximate surface area is 137 Å². The predicted molar refractivity (Wildman–Crippen MR) is 78.2 cm³/mol. The Balaban J connectivity index is 0.00000220. The molecular weight excluding hydrogens is 257 g/mol. The molecule has 102 valence electrons. The van der Waals surface area contributed by atoms with Gasteiger partial charge in [0.1, 0.15) is 0 Å². The molecule has 0 fully saturated rings. The number of benzene rings is 2. The molecule has 3 nitrogen and oxygen atoms in total. The van der Waals surface area contributed by atoms with E-state index >= 15 is 0 Å². The molecule has 0 spiro atoms. The number of rotatable bonds is 5. The molecule has 0 aliphatic rings. The molecule has 0 N–H and O–H groups in total. The summed E-state index contributed by atoms with van der Waals surface area (Å²) in [5.41, 5.74) is 2.66. The van der Waals surface area contributed by atoms with Gasteiger partial charge < -0.3 is 9.84 Å². The normalized spacial score (nSPS) is 10.4. The molecule has 0 aliphatic carbocycles. The van der Waals surface area contributed by atoms with E-state index in [9.17, 15) is 5.11 Å². The van der Waals surface area contributed by atoms with Crippen molar-refractivity contribution < 1.29 is 28.7 Å². The van der Waals surface area contributed by atoms with Crippen LogP contribution in [0.3, 0.4) is 0 Å². The van der Waals surface area contributed by atoms with E-state index in [1.807, 2.05) is 60.7 Å². The average molecular weight is 273 g/mol. The van der Waals surface area contributed by atoms with Crippen LogP contribution in [0.2, 0.25) is 0 Å². The Hall–Kier alpha value is -1.95. The summed E-state index contributed by atoms with van der Waals surface area (Å²) in [7, 11) is 0. The average Bonchev–Trinajstić information content (AvgIpc) is 2.50. The second-order valence-corrected chi connectivity index (χ2v) is 4.09. The van der Waals surface area contributed by atoms with Crippen LogP contribution in [-0.2, 0) is 4.74 Å². The minimum absolute atomic E-state index is 0. The van der Waals surface area contributed by atoms with Crippen molar-refractivity contribution >= 4 is 5.71 Å². The third-order valence-corrected chi connectivity index (χ3v) is 2.68. The van der Waals surface area contributed by atoms with Gasteiger partial charge in [0, 0.05) is 17.3 Å². The fourth-order valence-electron chi connectivity index (χ4n) is 1.80. The van der Waals surface area contributed by atoms with Gasteiger partial charge in [-0.15, -0.1) is 0 Å². The molecule has 0 aromatic heterocycles. The molecule has 21 heavy (non-hydrogen) atoms. The van der Waals surface area contributed by atoms with Crippen molar-refractivity contribution in [3.05, 3.63) is 83.9 Å². The number of aliphatic imine (C=N–C) groups is 1. The molecule has 0 unspecified atom stereocenters. The summed E-state index contributed by atoms with van der Waals surface area (Å²) in [5.74, 6) is -0.433. The SMILES string of the molecule is CCOC([O-])=CN=C(c1ccccc1)c1ccccc1.[Li+]. The smallest absolute Gasteiger partial charge is 0.613 e. The van der Waals surface area contributed by atoms with Gasteiger partial charge in [-0.05, 0) is 6.61 Å². The number of ether oxygens (including phenoxy) is 1. The minimum atomic E-state index is -0.433. The van der Waals surface area contributed by atoms with Crippen LogP contribution < -0.4 is 24.0 Å². The molecule has 0 saturated heterocycles. The number of nitrogens with zero attached hydrogens (tertiary/aromatic N) is 1. The monoisotopic (exact) mass is 273 g/mol. The summed E-state index contributed by atoms with van der Waals surface area (Å²) < 4.78 is 4.86. The maximum absolute atomic E-state index is 11.4. The van der Waals surface area contributed by atoms with Gasteiger partial charge in [0.05, 0.1) is 11.7 Å². The Kier molecular flexibility index (Phi) is 7.39. The van der Waals surface area contributed by atoms with Crippen LogP contribution in [-0.4, -0.2) is 12.3 Å². The van der Waals surface area contributed by atoms with Gasteiger partial charge in [0.2, 0.25) is 0 Å². The fraction of sp³-hybridized carbons (Fsp3) is 0.118. The van der Waals surface area contributed by atoms with Crippen molar-refractivity contribution in [2.24, 2.45) is 4.99 Å². The number of hydrogen-bond donors (Lipinski definition) is 0. The first kappa shape index (κ1) is 17.1. The maximum atomic E-state index is 11.4. The van der Waals surface area contributed by atoms with E-state index in [4.69, 9.17) is 4.74 Å². The minimum Gasteiger partial charge on any atom is -0.613 e. The molecule has 0 saturated carbocycles. The molecule has 2 aromatic carbocycles. The molecule has 2 aromatic rings. The zero-order valence-corrected chi connectivity index (χ0v) is 12.3. The van der Waals surface area contributed by atoms with Crippen LogP contribution in [0.1, 0.15) is 18.1 Å². The van der Waals surface area contributed by atoms with Crippen molar-refractivity contribution in [2.45, 2.75) is 6.92 Å². The molecule has 0 atom stereocenters. The summed E-state index contributed by atoms with van der Waals surface area (Å²) in [6.07, 6.45) is 1.22. The topological polar surface area (TPSA) is 44.6 Å². The van der Waals surface area contributed by atoms with Gasteiger partial charge in [-0.2, -0.15) is 0 Å². The van der Waals surface area contributed by atoms with E-state index in [1.54, 1.807) is 6.92 Å². The van der Waals surface area contributed by atoms with Crippen LogP contribution in [0.4, 0.5) is 0 Å². The molecule has 2 rings (SSSR count). The Morgan fingerprint density at radius 2 is 1.48 bits per heavy atom. The van der Waals surface area contributed by atoms with Crippen LogP contribution in [0.25, 0.3) is 0 Å². The second kappa shape index (κ2) is 9.07. The molecule has 0 bridgehead atoms. The summed E-state index contributed by atoms with van der Waals surface area (Å²) in [6, 6.07) is 19.5. The molecule has 4 heteroatoms. The van der Waals surface area contributed by atoms with Gasteiger partial charge in [-0.25, -0.2) is 0 Å². The van der Waals surface area contributed by atoms with Gasteiger partial charge in [-0.1, -0.05) is 67.6 Å². The van der Waals surface area contributed by atoms with Crippen molar-refractivity contribution in [1.29, 1.82) is 0 Å². The van der Waals surface area contributed by atoms with E-state index in [0.717, 1.165) is 16.8 Å². The molecular formula is C17H16LiNO2. The van der Waals surface area contributed by atoms with Gasteiger partial charge in [0.25, 0.3) is 0 Å².